The monoisotopic (exact) mass is 257 g/mol. The van der Waals surface area contributed by atoms with Gasteiger partial charge in [0, 0.05) is 19.1 Å². The molecule has 2 rings (SSSR count). The van der Waals surface area contributed by atoms with E-state index in [4.69, 9.17) is 0 Å². The van der Waals surface area contributed by atoms with E-state index in [0.29, 0.717) is 12.0 Å². The lowest BCUT2D eigenvalue weighted by Gasteiger charge is -2.25. The predicted molar refractivity (Wildman–Crippen MR) is 79.1 cm³/mol. The molecule has 1 aromatic carbocycles. The van der Waals surface area contributed by atoms with Gasteiger partial charge in [0.1, 0.15) is 6.07 Å². The predicted octanol–water partition coefficient (Wildman–Crippen LogP) is 2.90. The molecule has 1 aliphatic rings. The molecule has 0 aromatic heterocycles. The summed E-state index contributed by atoms with van der Waals surface area (Å²) in [6.07, 6.45) is 1.21. The average molecular weight is 257 g/mol. The quantitative estimate of drug-likeness (QED) is 0.901. The maximum atomic E-state index is 9.38. The van der Waals surface area contributed by atoms with Gasteiger partial charge in [-0.2, -0.15) is 5.26 Å². The Morgan fingerprint density at radius 2 is 2.21 bits per heavy atom. The number of nitriles is 1. The second-order valence-corrected chi connectivity index (χ2v) is 5.59. The minimum absolute atomic E-state index is 0.529. The van der Waals surface area contributed by atoms with Crippen LogP contribution in [0.4, 0.5) is 5.69 Å². The van der Waals surface area contributed by atoms with Crippen molar-refractivity contribution in [2.75, 3.05) is 18.0 Å². The maximum absolute atomic E-state index is 9.38. The van der Waals surface area contributed by atoms with Crippen LogP contribution in [0.25, 0.3) is 0 Å². The van der Waals surface area contributed by atoms with Crippen LogP contribution in [0, 0.1) is 17.2 Å². The summed E-state index contributed by atoms with van der Waals surface area (Å²) in [5, 5.41) is 12.7. The van der Waals surface area contributed by atoms with Gasteiger partial charge in [-0.3, -0.25) is 0 Å². The molecule has 1 fully saturated rings. The topological polar surface area (TPSA) is 39.1 Å². The normalized spacial score (nSPS) is 22.5. The van der Waals surface area contributed by atoms with E-state index in [1.807, 2.05) is 6.07 Å². The second kappa shape index (κ2) is 6.08. The van der Waals surface area contributed by atoms with E-state index in [1.165, 1.54) is 12.0 Å². The van der Waals surface area contributed by atoms with Crippen LogP contribution in [0.3, 0.4) is 0 Å². The summed E-state index contributed by atoms with van der Waals surface area (Å²) in [5.41, 5.74) is 3.08. The number of hydrogen-bond donors (Lipinski definition) is 1. The highest BCUT2D eigenvalue weighted by Gasteiger charge is 2.27. The van der Waals surface area contributed by atoms with E-state index in [0.717, 1.165) is 30.9 Å². The number of anilines is 1. The second-order valence-electron chi connectivity index (χ2n) is 5.59. The molecule has 1 saturated heterocycles. The van der Waals surface area contributed by atoms with E-state index in [2.05, 4.69) is 49.2 Å². The lowest BCUT2D eigenvalue weighted by atomic mass is 10.1. The fourth-order valence-corrected chi connectivity index (χ4v) is 2.94. The smallest absolute Gasteiger partial charge is 0.101 e. The molecule has 0 aliphatic carbocycles. The van der Waals surface area contributed by atoms with Crippen LogP contribution in [0.15, 0.2) is 18.2 Å². The minimum atomic E-state index is 0.529. The van der Waals surface area contributed by atoms with Crippen LogP contribution < -0.4 is 10.2 Å². The molecule has 1 N–H and O–H groups in total. The SMILES string of the molecule is CCNCc1ccc(N2CC(C)CC2C)c(C#N)c1. The summed E-state index contributed by atoms with van der Waals surface area (Å²) in [5.74, 6) is 0.711. The Hall–Kier alpha value is -1.53. The summed E-state index contributed by atoms with van der Waals surface area (Å²) in [6, 6.07) is 9.15. The molecule has 2 atom stereocenters. The molecule has 2 unspecified atom stereocenters. The van der Waals surface area contributed by atoms with E-state index in [9.17, 15) is 5.26 Å². The Balaban J connectivity index is 2.24. The fraction of sp³-hybridized carbons (Fsp3) is 0.562. The zero-order valence-electron chi connectivity index (χ0n) is 12.1. The number of hydrogen-bond acceptors (Lipinski definition) is 3. The molecule has 1 heterocycles. The zero-order chi connectivity index (χ0) is 13.8. The molecule has 0 bridgehead atoms. The first-order chi connectivity index (χ1) is 9.15. The Labute approximate surface area is 116 Å². The van der Waals surface area contributed by atoms with Crippen LogP contribution in [-0.2, 0) is 6.54 Å². The number of rotatable bonds is 4. The number of nitrogens with zero attached hydrogens (tertiary/aromatic N) is 2. The van der Waals surface area contributed by atoms with Gasteiger partial charge >= 0.3 is 0 Å². The molecule has 102 valence electrons. The Morgan fingerprint density at radius 3 is 2.79 bits per heavy atom. The highest BCUT2D eigenvalue weighted by atomic mass is 15.2. The van der Waals surface area contributed by atoms with E-state index in [-0.39, 0.29) is 0 Å². The van der Waals surface area contributed by atoms with Crippen LogP contribution in [-0.4, -0.2) is 19.1 Å². The highest BCUT2D eigenvalue weighted by Crippen LogP contribution is 2.31. The third kappa shape index (κ3) is 3.08. The molecule has 0 radical (unpaired) electrons. The summed E-state index contributed by atoms with van der Waals surface area (Å²) < 4.78 is 0. The molecule has 3 nitrogen and oxygen atoms in total. The van der Waals surface area contributed by atoms with Crippen LogP contribution >= 0.6 is 0 Å². The van der Waals surface area contributed by atoms with Gasteiger partial charge in [0.05, 0.1) is 11.3 Å². The lowest BCUT2D eigenvalue weighted by Crippen LogP contribution is -2.27. The molecule has 0 saturated carbocycles. The molecule has 19 heavy (non-hydrogen) atoms. The van der Waals surface area contributed by atoms with E-state index in [1.54, 1.807) is 0 Å². The molecule has 0 amide bonds. The van der Waals surface area contributed by atoms with Crippen molar-refractivity contribution in [3.05, 3.63) is 29.3 Å². The van der Waals surface area contributed by atoms with Crippen LogP contribution in [0.5, 0.6) is 0 Å². The van der Waals surface area contributed by atoms with Gasteiger partial charge < -0.3 is 10.2 Å². The summed E-state index contributed by atoms with van der Waals surface area (Å²) in [6.45, 7) is 9.45. The van der Waals surface area contributed by atoms with Gasteiger partial charge in [-0.05, 0) is 43.5 Å². The van der Waals surface area contributed by atoms with Crippen molar-refractivity contribution in [3.8, 4) is 6.07 Å². The van der Waals surface area contributed by atoms with Gasteiger partial charge in [0.15, 0.2) is 0 Å². The minimum Gasteiger partial charge on any atom is -0.367 e. The number of benzene rings is 1. The van der Waals surface area contributed by atoms with Crippen molar-refractivity contribution in [1.29, 1.82) is 5.26 Å². The third-order valence-corrected chi connectivity index (χ3v) is 3.85. The van der Waals surface area contributed by atoms with Gasteiger partial charge in [0.2, 0.25) is 0 Å². The van der Waals surface area contributed by atoms with E-state index >= 15 is 0 Å². The Morgan fingerprint density at radius 1 is 1.42 bits per heavy atom. The van der Waals surface area contributed by atoms with Crippen molar-refractivity contribution >= 4 is 5.69 Å². The van der Waals surface area contributed by atoms with Crippen molar-refractivity contribution in [1.82, 2.24) is 5.32 Å². The maximum Gasteiger partial charge on any atom is 0.101 e. The molecule has 1 aliphatic heterocycles. The van der Waals surface area contributed by atoms with Gasteiger partial charge in [-0.15, -0.1) is 0 Å². The molecular weight excluding hydrogens is 234 g/mol. The van der Waals surface area contributed by atoms with Crippen molar-refractivity contribution in [2.24, 2.45) is 5.92 Å². The first-order valence-corrected chi connectivity index (χ1v) is 7.16. The van der Waals surface area contributed by atoms with E-state index < -0.39 is 0 Å². The third-order valence-electron chi connectivity index (χ3n) is 3.85. The van der Waals surface area contributed by atoms with Gasteiger partial charge in [-0.25, -0.2) is 0 Å². The standard InChI is InChI=1S/C16H23N3/c1-4-18-10-14-5-6-16(15(8-14)9-17)19-11-12(2)7-13(19)3/h5-6,8,12-13,18H,4,7,10-11H2,1-3H3. The van der Waals surface area contributed by atoms with Crippen LogP contribution in [0.2, 0.25) is 0 Å². The largest absolute Gasteiger partial charge is 0.367 e. The van der Waals surface area contributed by atoms with Crippen molar-refractivity contribution in [2.45, 2.75) is 39.8 Å². The van der Waals surface area contributed by atoms with Gasteiger partial charge in [0.25, 0.3) is 0 Å². The fourth-order valence-electron chi connectivity index (χ4n) is 2.94. The highest BCUT2D eigenvalue weighted by molar-refractivity contribution is 5.61. The lowest BCUT2D eigenvalue weighted by molar-refractivity contribution is 0.625. The molecule has 3 heteroatoms. The molecular formula is C16H23N3. The Kier molecular flexibility index (Phi) is 4.44. The van der Waals surface area contributed by atoms with Crippen molar-refractivity contribution < 1.29 is 0 Å². The first kappa shape index (κ1) is 13.9. The first-order valence-electron chi connectivity index (χ1n) is 7.16. The number of nitrogens with one attached hydrogen (secondary N) is 1. The summed E-state index contributed by atoms with van der Waals surface area (Å²) in [4.78, 5) is 2.38. The van der Waals surface area contributed by atoms with Gasteiger partial charge in [-0.1, -0.05) is 19.9 Å². The summed E-state index contributed by atoms with van der Waals surface area (Å²) in [7, 11) is 0. The summed E-state index contributed by atoms with van der Waals surface area (Å²) >= 11 is 0. The zero-order valence-corrected chi connectivity index (χ0v) is 12.1. The average Bonchev–Trinajstić information content (AvgIpc) is 2.75. The molecule has 0 spiro atoms. The Bertz CT molecular complexity index is 475. The molecule has 1 aromatic rings. The van der Waals surface area contributed by atoms with Crippen molar-refractivity contribution in [3.63, 3.8) is 0 Å². The van der Waals surface area contributed by atoms with Crippen LogP contribution in [0.1, 0.15) is 38.3 Å².